The molecule has 5 nitrogen and oxygen atoms in total. The summed E-state index contributed by atoms with van der Waals surface area (Å²) in [4.78, 5) is 14.7. The highest BCUT2D eigenvalue weighted by molar-refractivity contribution is 7.92. The molecule has 0 aliphatic heterocycles. The smallest absolute Gasteiger partial charge is 0.261 e. The Balaban J connectivity index is 1.66. The topological polar surface area (TPSA) is 66.5 Å². The summed E-state index contributed by atoms with van der Waals surface area (Å²) in [6.07, 6.45) is 0.218. The first-order chi connectivity index (χ1) is 14.7. The summed E-state index contributed by atoms with van der Waals surface area (Å²) in [5, 5.41) is 0. The van der Waals surface area contributed by atoms with Crippen molar-refractivity contribution in [3.05, 3.63) is 95.8 Å². The van der Waals surface area contributed by atoms with Crippen molar-refractivity contribution in [3.8, 4) is 0 Å². The fraction of sp³-hybridized carbons (Fsp3) is 0.208. The van der Waals surface area contributed by atoms with Gasteiger partial charge in [-0.15, -0.1) is 0 Å². The fourth-order valence-electron chi connectivity index (χ4n) is 3.13. The van der Waals surface area contributed by atoms with Gasteiger partial charge < -0.3 is 4.90 Å². The Kier molecular flexibility index (Phi) is 7.07. The first-order valence-electron chi connectivity index (χ1n) is 9.95. The van der Waals surface area contributed by atoms with Crippen molar-refractivity contribution in [2.24, 2.45) is 0 Å². The standard InChI is InChI=1S/C24H25FN2O3S/c1-18(2)27(17-20-6-4-3-5-7-20)24(28)16-19-8-12-22(13-9-19)26-31(29,30)23-14-10-21(25)11-15-23/h3-15,18,26H,16-17H2,1-2H3. The lowest BCUT2D eigenvalue weighted by Crippen LogP contribution is -2.37. The molecule has 3 rings (SSSR count). The second kappa shape index (κ2) is 9.75. The van der Waals surface area contributed by atoms with E-state index in [2.05, 4.69) is 4.72 Å². The largest absolute Gasteiger partial charge is 0.336 e. The van der Waals surface area contributed by atoms with Crippen molar-refractivity contribution >= 4 is 21.6 Å². The van der Waals surface area contributed by atoms with E-state index >= 15 is 0 Å². The lowest BCUT2D eigenvalue weighted by Gasteiger charge is -2.27. The summed E-state index contributed by atoms with van der Waals surface area (Å²) in [5.74, 6) is -0.505. The van der Waals surface area contributed by atoms with Gasteiger partial charge in [0, 0.05) is 18.3 Å². The van der Waals surface area contributed by atoms with E-state index < -0.39 is 15.8 Å². The summed E-state index contributed by atoms with van der Waals surface area (Å²) >= 11 is 0. The highest BCUT2D eigenvalue weighted by atomic mass is 32.2. The van der Waals surface area contributed by atoms with Crippen LogP contribution in [0, 0.1) is 5.82 Å². The first kappa shape index (κ1) is 22.5. The van der Waals surface area contributed by atoms with Crippen LogP contribution in [0.4, 0.5) is 10.1 Å². The third-order valence-electron chi connectivity index (χ3n) is 4.82. The van der Waals surface area contributed by atoms with Crippen molar-refractivity contribution < 1.29 is 17.6 Å². The summed E-state index contributed by atoms with van der Waals surface area (Å²) in [6, 6.07) is 21.1. The Bertz CT molecular complexity index is 1110. The number of hydrogen-bond donors (Lipinski definition) is 1. The van der Waals surface area contributed by atoms with Crippen molar-refractivity contribution in [2.75, 3.05) is 4.72 Å². The number of hydrogen-bond acceptors (Lipinski definition) is 3. The molecule has 0 radical (unpaired) electrons. The average Bonchev–Trinajstić information content (AvgIpc) is 2.74. The van der Waals surface area contributed by atoms with E-state index in [1.807, 2.05) is 49.1 Å². The maximum Gasteiger partial charge on any atom is 0.261 e. The maximum atomic E-state index is 13.0. The molecule has 1 N–H and O–H groups in total. The van der Waals surface area contributed by atoms with Crippen LogP contribution in [-0.2, 0) is 27.8 Å². The number of nitrogens with one attached hydrogen (secondary N) is 1. The van der Waals surface area contributed by atoms with Crippen LogP contribution in [0.3, 0.4) is 0 Å². The van der Waals surface area contributed by atoms with Crippen molar-refractivity contribution in [2.45, 2.75) is 37.8 Å². The number of halogens is 1. The number of sulfonamides is 1. The number of carbonyl (C=O) groups is 1. The van der Waals surface area contributed by atoms with E-state index in [4.69, 9.17) is 0 Å². The van der Waals surface area contributed by atoms with Gasteiger partial charge in [-0.05, 0) is 61.4 Å². The van der Waals surface area contributed by atoms with E-state index in [9.17, 15) is 17.6 Å². The number of carbonyl (C=O) groups excluding carboxylic acids is 1. The molecule has 0 spiro atoms. The molecular formula is C24H25FN2O3S. The molecule has 3 aromatic rings. The predicted octanol–water partition coefficient (Wildman–Crippen LogP) is 4.61. The predicted molar refractivity (Wildman–Crippen MR) is 119 cm³/mol. The van der Waals surface area contributed by atoms with Gasteiger partial charge in [-0.1, -0.05) is 42.5 Å². The minimum Gasteiger partial charge on any atom is -0.336 e. The van der Waals surface area contributed by atoms with Crippen LogP contribution >= 0.6 is 0 Å². The summed E-state index contributed by atoms with van der Waals surface area (Å²) in [5.41, 5.74) is 2.22. The molecular weight excluding hydrogens is 415 g/mol. The van der Waals surface area contributed by atoms with Crippen LogP contribution in [0.2, 0.25) is 0 Å². The molecule has 0 aliphatic rings. The first-order valence-corrected chi connectivity index (χ1v) is 11.4. The minimum absolute atomic E-state index is 0.00139. The third-order valence-corrected chi connectivity index (χ3v) is 6.22. The molecule has 0 aromatic heterocycles. The number of rotatable bonds is 8. The van der Waals surface area contributed by atoms with Crippen LogP contribution < -0.4 is 4.72 Å². The van der Waals surface area contributed by atoms with Crippen LogP contribution in [0.1, 0.15) is 25.0 Å². The summed E-state index contributed by atoms with van der Waals surface area (Å²) in [7, 11) is -3.82. The van der Waals surface area contributed by atoms with Gasteiger partial charge in [0.15, 0.2) is 0 Å². The van der Waals surface area contributed by atoms with Gasteiger partial charge in [0.25, 0.3) is 10.0 Å². The van der Waals surface area contributed by atoms with Crippen LogP contribution in [0.5, 0.6) is 0 Å². The van der Waals surface area contributed by atoms with E-state index in [0.29, 0.717) is 12.2 Å². The molecule has 0 bridgehead atoms. The molecule has 0 heterocycles. The van der Waals surface area contributed by atoms with Gasteiger partial charge in [-0.25, -0.2) is 12.8 Å². The van der Waals surface area contributed by atoms with E-state index in [1.165, 1.54) is 12.1 Å². The van der Waals surface area contributed by atoms with Gasteiger partial charge in [-0.3, -0.25) is 9.52 Å². The van der Waals surface area contributed by atoms with Gasteiger partial charge in [-0.2, -0.15) is 0 Å². The molecule has 0 aliphatic carbocycles. The highest BCUT2D eigenvalue weighted by Gasteiger charge is 2.18. The monoisotopic (exact) mass is 440 g/mol. The zero-order valence-electron chi connectivity index (χ0n) is 17.5. The Morgan fingerprint density at radius 1 is 0.903 bits per heavy atom. The Hall–Kier alpha value is -3.19. The zero-order chi connectivity index (χ0) is 22.4. The Morgan fingerprint density at radius 2 is 1.52 bits per heavy atom. The lowest BCUT2D eigenvalue weighted by atomic mass is 10.1. The molecule has 0 atom stereocenters. The van der Waals surface area contributed by atoms with Gasteiger partial charge in [0.05, 0.1) is 11.3 Å². The molecule has 0 fully saturated rings. The Morgan fingerprint density at radius 3 is 2.10 bits per heavy atom. The van der Waals surface area contributed by atoms with Gasteiger partial charge in [0.1, 0.15) is 5.82 Å². The molecule has 1 amide bonds. The van der Waals surface area contributed by atoms with Crippen LogP contribution in [-0.4, -0.2) is 25.3 Å². The number of anilines is 1. The summed E-state index contributed by atoms with van der Waals surface area (Å²) in [6.45, 7) is 4.50. The normalized spacial score (nSPS) is 11.4. The van der Waals surface area contributed by atoms with Gasteiger partial charge >= 0.3 is 0 Å². The van der Waals surface area contributed by atoms with E-state index in [0.717, 1.165) is 23.3 Å². The SMILES string of the molecule is CC(C)N(Cc1ccccc1)C(=O)Cc1ccc(NS(=O)(=O)c2ccc(F)cc2)cc1. The Labute approximate surface area is 182 Å². The molecule has 7 heteroatoms. The third kappa shape index (κ3) is 6.15. The van der Waals surface area contributed by atoms with E-state index in [-0.39, 0.29) is 23.3 Å². The maximum absolute atomic E-state index is 13.0. The van der Waals surface area contributed by atoms with Crippen LogP contribution in [0.25, 0.3) is 0 Å². The zero-order valence-corrected chi connectivity index (χ0v) is 18.3. The fourth-order valence-corrected chi connectivity index (χ4v) is 4.19. The van der Waals surface area contributed by atoms with Crippen LogP contribution in [0.15, 0.2) is 83.8 Å². The number of benzene rings is 3. The second-order valence-corrected chi connectivity index (χ2v) is 9.22. The average molecular weight is 441 g/mol. The summed E-state index contributed by atoms with van der Waals surface area (Å²) < 4.78 is 40.3. The quantitative estimate of drug-likeness (QED) is 0.556. The lowest BCUT2D eigenvalue weighted by molar-refractivity contribution is -0.132. The molecule has 162 valence electrons. The molecule has 31 heavy (non-hydrogen) atoms. The van der Waals surface area contributed by atoms with E-state index in [1.54, 1.807) is 24.3 Å². The van der Waals surface area contributed by atoms with Gasteiger partial charge in [0.2, 0.25) is 5.91 Å². The number of nitrogens with zero attached hydrogens (tertiary/aromatic N) is 1. The van der Waals surface area contributed by atoms with Crippen molar-refractivity contribution in [1.82, 2.24) is 4.90 Å². The molecule has 0 saturated carbocycles. The molecule has 0 unspecified atom stereocenters. The molecule has 3 aromatic carbocycles. The van der Waals surface area contributed by atoms with Crippen molar-refractivity contribution in [3.63, 3.8) is 0 Å². The molecule has 0 saturated heterocycles. The highest BCUT2D eigenvalue weighted by Crippen LogP contribution is 2.18. The van der Waals surface area contributed by atoms with Crippen molar-refractivity contribution in [1.29, 1.82) is 0 Å². The number of amides is 1. The minimum atomic E-state index is -3.82. The second-order valence-electron chi connectivity index (χ2n) is 7.53.